The van der Waals surface area contributed by atoms with Crippen LogP contribution in [0.25, 0.3) is 11.3 Å². The zero-order chi connectivity index (χ0) is 34.2. The third-order valence-corrected chi connectivity index (χ3v) is 5.69. The summed E-state index contributed by atoms with van der Waals surface area (Å²) in [5.74, 6) is -3.51. The SMILES string of the molecule is Cc1ccc(-c2cn(CC(=O)N[C@@H](CC(=O)N[C@@H](CCC(=O)OC(C)(C)C)C(=O)OC(C)(C)C)C(=O)OC(C)(C)C)nn2)cc1. The Balaban J connectivity index is 2.16. The quantitative estimate of drug-likeness (QED) is 0.262. The maximum absolute atomic E-state index is 13.2. The second kappa shape index (κ2) is 15.1. The van der Waals surface area contributed by atoms with Crippen LogP contribution >= 0.6 is 0 Å². The highest BCUT2D eigenvalue weighted by Crippen LogP contribution is 2.17. The van der Waals surface area contributed by atoms with Crippen LogP contribution in [0, 0.1) is 6.92 Å². The summed E-state index contributed by atoms with van der Waals surface area (Å²) in [4.78, 5) is 64.5. The number of amides is 2. The maximum Gasteiger partial charge on any atom is 0.329 e. The van der Waals surface area contributed by atoms with Crippen molar-refractivity contribution >= 4 is 29.7 Å². The molecule has 0 radical (unpaired) electrons. The lowest BCUT2D eigenvalue weighted by molar-refractivity contribution is -0.160. The largest absolute Gasteiger partial charge is 0.460 e. The Morgan fingerprint density at radius 2 is 1.27 bits per heavy atom. The predicted octanol–water partition coefficient (Wildman–Crippen LogP) is 3.42. The zero-order valence-corrected chi connectivity index (χ0v) is 28.0. The van der Waals surface area contributed by atoms with Gasteiger partial charge in [0.05, 0.1) is 12.6 Å². The smallest absolute Gasteiger partial charge is 0.329 e. The second-order valence-electron chi connectivity index (χ2n) is 13.8. The molecule has 0 saturated carbocycles. The van der Waals surface area contributed by atoms with Crippen LogP contribution in [0.4, 0.5) is 0 Å². The van der Waals surface area contributed by atoms with Crippen LogP contribution in [0.3, 0.4) is 0 Å². The molecule has 0 aliphatic rings. The fraction of sp³-hybridized carbons (Fsp3) is 0.594. The number of carbonyl (C=O) groups excluding carboxylic acids is 5. The molecule has 13 nitrogen and oxygen atoms in total. The lowest BCUT2D eigenvalue weighted by atomic mass is 10.1. The fourth-order valence-corrected chi connectivity index (χ4v) is 3.90. The molecule has 2 N–H and O–H groups in total. The Bertz CT molecular complexity index is 1350. The van der Waals surface area contributed by atoms with Gasteiger partial charge in [-0.1, -0.05) is 35.0 Å². The van der Waals surface area contributed by atoms with Crippen LogP contribution in [-0.2, 0) is 44.7 Å². The Kier molecular flexibility index (Phi) is 12.4. The van der Waals surface area contributed by atoms with Crippen molar-refractivity contribution in [2.45, 2.75) is 124 Å². The first-order chi connectivity index (χ1) is 20.6. The van der Waals surface area contributed by atoms with Crippen molar-refractivity contribution in [2.75, 3.05) is 0 Å². The first-order valence-corrected chi connectivity index (χ1v) is 14.8. The fourth-order valence-electron chi connectivity index (χ4n) is 3.90. The van der Waals surface area contributed by atoms with Crippen LogP contribution < -0.4 is 10.6 Å². The van der Waals surface area contributed by atoms with Crippen LogP contribution in [0.15, 0.2) is 30.5 Å². The predicted molar refractivity (Wildman–Crippen MR) is 165 cm³/mol. The zero-order valence-electron chi connectivity index (χ0n) is 28.0. The first-order valence-electron chi connectivity index (χ1n) is 14.8. The number of aryl methyl sites for hydroxylation is 1. The summed E-state index contributed by atoms with van der Waals surface area (Å²) < 4.78 is 17.5. The molecular weight excluding hydrogens is 582 g/mol. The van der Waals surface area contributed by atoms with E-state index in [9.17, 15) is 24.0 Å². The second-order valence-corrected chi connectivity index (χ2v) is 13.8. The molecule has 1 heterocycles. The van der Waals surface area contributed by atoms with Crippen LogP contribution in [0.2, 0.25) is 0 Å². The highest BCUT2D eigenvalue weighted by Gasteiger charge is 2.32. The van der Waals surface area contributed by atoms with E-state index in [0.29, 0.717) is 5.69 Å². The average Bonchev–Trinajstić information content (AvgIpc) is 3.31. The molecular formula is C32H47N5O8. The van der Waals surface area contributed by atoms with Crippen molar-refractivity contribution < 1.29 is 38.2 Å². The molecule has 2 atom stereocenters. The van der Waals surface area contributed by atoms with Crippen molar-refractivity contribution in [3.63, 3.8) is 0 Å². The number of aromatic nitrogens is 3. The summed E-state index contributed by atoms with van der Waals surface area (Å²) in [6.45, 7) is 16.8. The molecule has 0 aliphatic heterocycles. The summed E-state index contributed by atoms with van der Waals surface area (Å²) >= 11 is 0. The number of ether oxygens (including phenoxy) is 3. The number of carbonyl (C=O) groups is 5. The highest BCUT2D eigenvalue weighted by molar-refractivity contribution is 5.91. The normalized spacial score (nSPS) is 13.3. The molecule has 2 amide bonds. The van der Waals surface area contributed by atoms with Gasteiger partial charge in [0, 0.05) is 12.0 Å². The summed E-state index contributed by atoms with van der Waals surface area (Å²) in [5.41, 5.74) is -0.0255. The highest BCUT2D eigenvalue weighted by atomic mass is 16.6. The molecule has 1 aromatic carbocycles. The van der Waals surface area contributed by atoms with Gasteiger partial charge in [-0.2, -0.15) is 0 Å². The number of nitrogens with one attached hydrogen (secondary N) is 2. The number of hydrogen-bond donors (Lipinski definition) is 2. The maximum atomic E-state index is 13.2. The van der Waals surface area contributed by atoms with E-state index in [1.807, 2.05) is 31.2 Å². The average molecular weight is 630 g/mol. The monoisotopic (exact) mass is 629 g/mol. The molecule has 248 valence electrons. The molecule has 1 aromatic heterocycles. The van der Waals surface area contributed by atoms with E-state index in [4.69, 9.17) is 14.2 Å². The standard InChI is InChI=1S/C32H47N5O8/c1-20-11-13-21(14-12-20)24-18-37(36-35-24)19-26(39)34-23(29(42)45-32(8,9)10)17-25(38)33-22(28(41)44-31(5,6)7)15-16-27(40)43-30(2,3)4/h11-14,18,22-23H,15-17,19H2,1-10H3,(H,33,38)(H,34,39)/t22-,23-/m0/s1. The van der Waals surface area contributed by atoms with Gasteiger partial charge in [0.2, 0.25) is 11.8 Å². The Labute approximate surface area is 264 Å². The minimum atomic E-state index is -1.39. The Hall–Kier alpha value is -4.29. The Morgan fingerprint density at radius 1 is 0.756 bits per heavy atom. The summed E-state index contributed by atoms with van der Waals surface area (Å²) in [6.07, 6.45) is 0.777. The van der Waals surface area contributed by atoms with Gasteiger partial charge in [-0.25, -0.2) is 14.3 Å². The summed E-state index contributed by atoms with van der Waals surface area (Å²) in [5, 5.41) is 13.2. The molecule has 0 saturated heterocycles. The molecule has 0 spiro atoms. The van der Waals surface area contributed by atoms with E-state index in [2.05, 4.69) is 20.9 Å². The minimum absolute atomic E-state index is 0.103. The van der Waals surface area contributed by atoms with Gasteiger partial charge in [-0.3, -0.25) is 14.4 Å². The van der Waals surface area contributed by atoms with Gasteiger partial charge in [-0.15, -0.1) is 5.10 Å². The Morgan fingerprint density at radius 3 is 1.80 bits per heavy atom. The lowest BCUT2D eigenvalue weighted by Crippen LogP contribution is -2.50. The topological polar surface area (TPSA) is 168 Å². The van der Waals surface area contributed by atoms with Crippen molar-refractivity contribution in [2.24, 2.45) is 0 Å². The van der Waals surface area contributed by atoms with Crippen molar-refractivity contribution in [3.05, 3.63) is 36.0 Å². The number of rotatable bonds is 12. The van der Waals surface area contributed by atoms with Crippen LogP contribution in [-0.4, -0.2) is 73.6 Å². The lowest BCUT2D eigenvalue weighted by Gasteiger charge is -2.26. The van der Waals surface area contributed by atoms with Crippen molar-refractivity contribution in [1.82, 2.24) is 25.6 Å². The van der Waals surface area contributed by atoms with Gasteiger partial charge in [0.1, 0.15) is 41.1 Å². The minimum Gasteiger partial charge on any atom is -0.460 e. The molecule has 2 aromatic rings. The van der Waals surface area contributed by atoms with E-state index >= 15 is 0 Å². The molecule has 13 heteroatoms. The molecule has 0 fully saturated rings. The van der Waals surface area contributed by atoms with E-state index < -0.39 is 65.0 Å². The molecule has 0 aliphatic carbocycles. The van der Waals surface area contributed by atoms with Gasteiger partial charge >= 0.3 is 17.9 Å². The molecule has 0 unspecified atom stereocenters. The van der Waals surface area contributed by atoms with Gasteiger partial charge < -0.3 is 24.8 Å². The van der Waals surface area contributed by atoms with E-state index in [0.717, 1.165) is 11.1 Å². The van der Waals surface area contributed by atoms with E-state index in [1.54, 1.807) is 68.5 Å². The van der Waals surface area contributed by atoms with Gasteiger partial charge in [-0.05, 0) is 75.7 Å². The number of esters is 3. The van der Waals surface area contributed by atoms with E-state index in [-0.39, 0.29) is 19.4 Å². The van der Waals surface area contributed by atoms with Crippen molar-refractivity contribution in [1.29, 1.82) is 0 Å². The molecule has 2 rings (SSSR count). The summed E-state index contributed by atoms with van der Waals surface area (Å²) in [7, 11) is 0. The summed E-state index contributed by atoms with van der Waals surface area (Å²) in [6, 6.07) is 5.04. The van der Waals surface area contributed by atoms with E-state index in [1.165, 1.54) is 4.68 Å². The molecule has 0 bridgehead atoms. The first kappa shape index (κ1) is 36.9. The van der Waals surface area contributed by atoms with Gasteiger partial charge in [0.15, 0.2) is 0 Å². The van der Waals surface area contributed by atoms with Gasteiger partial charge in [0.25, 0.3) is 0 Å². The van der Waals surface area contributed by atoms with Crippen LogP contribution in [0.5, 0.6) is 0 Å². The number of nitrogens with zero attached hydrogens (tertiary/aromatic N) is 3. The molecule has 45 heavy (non-hydrogen) atoms. The third-order valence-electron chi connectivity index (χ3n) is 5.69. The third kappa shape index (κ3) is 14.4. The van der Waals surface area contributed by atoms with Crippen LogP contribution in [0.1, 0.15) is 87.1 Å². The van der Waals surface area contributed by atoms with Crippen molar-refractivity contribution in [3.8, 4) is 11.3 Å². The number of hydrogen-bond acceptors (Lipinski definition) is 10. The number of benzene rings is 1.